The summed E-state index contributed by atoms with van der Waals surface area (Å²) in [6.45, 7) is 0. The number of oxazole rings is 1. The van der Waals surface area contributed by atoms with Crippen LogP contribution < -0.4 is 5.32 Å². The van der Waals surface area contributed by atoms with Gasteiger partial charge in [-0.1, -0.05) is 11.6 Å². The largest absolute Gasteiger partial charge is 0.423 e. The van der Waals surface area contributed by atoms with Gasteiger partial charge in [0.25, 0.3) is 6.01 Å². The number of fused-ring (bicyclic) bond motifs is 1. The number of aromatic nitrogens is 1. The molecule has 0 saturated heterocycles. The molecular weight excluding hydrogens is 212 g/mol. The predicted molar refractivity (Wildman–Crippen MR) is 60.3 cm³/mol. The Morgan fingerprint density at radius 1 is 1.40 bits per heavy atom. The quantitative estimate of drug-likeness (QED) is 0.846. The molecule has 1 aliphatic carbocycles. The number of benzene rings is 1. The van der Waals surface area contributed by atoms with E-state index in [1.54, 1.807) is 6.07 Å². The minimum Gasteiger partial charge on any atom is -0.423 e. The first-order valence-corrected chi connectivity index (χ1v) is 5.52. The number of nitrogens with one attached hydrogen (secondary N) is 1. The molecule has 0 radical (unpaired) electrons. The molecule has 2 aromatic rings. The molecule has 1 aromatic carbocycles. The van der Waals surface area contributed by atoms with Crippen LogP contribution in [-0.4, -0.2) is 11.0 Å². The van der Waals surface area contributed by atoms with Crippen molar-refractivity contribution in [2.24, 2.45) is 0 Å². The van der Waals surface area contributed by atoms with E-state index < -0.39 is 0 Å². The summed E-state index contributed by atoms with van der Waals surface area (Å²) in [5, 5.41) is 3.94. The molecule has 0 unspecified atom stereocenters. The summed E-state index contributed by atoms with van der Waals surface area (Å²) in [5.41, 5.74) is 1.59. The third kappa shape index (κ3) is 1.67. The monoisotopic (exact) mass is 222 g/mol. The standard InChI is InChI=1S/C11H11ClN2O/c12-7-4-5-9-10(6-7)15-11(14-9)13-8-2-1-3-8/h4-6,8H,1-3H2,(H,13,14). The average Bonchev–Trinajstić information content (AvgIpc) is 2.53. The van der Waals surface area contributed by atoms with Crippen LogP contribution in [0.4, 0.5) is 6.01 Å². The van der Waals surface area contributed by atoms with Crippen molar-refractivity contribution in [3.05, 3.63) is 23.2 Å². The SMILES string of the molecule is Clc1ccc2nc(NC3CCC3)oc2c1. The van der Waals surface area contributed by atoms with Crippen LogP contribution in [0.1, 0.15) is 19.3 Å². The van der Waals surface area contributed by atoms with Crippen molar-refractivity contribution in [2.45, 2.75) is 25.3 Å². The first-order valence-electron chi connectivity index (χ1n) is 5.14. The summed E-state index contributed by atoms with van der Waals surface area (Å²) in [4.78, 5) is 4.34. The molecule has 1 aromatic heterocycles. The minimum absolute atomic E-state index is 0.536. The highest BCUT2D eigenvalue weighted by atomic mass is 35.5. The molecule has 1 aliphatic rings. The van der Waals surface area contributed by atoms with Gasteiger partial charge in [-0.2, -0.15) is 4.98 Å². The van der Waals surface area contributed by atoms with Gasteiger partial charge in [0.1, 0.15) is 5.52 Å². The van der Waals surface area contributed by atoms with E-state index in [1.165, 1.54) is 19.3 Å². The zero-order chi connectivity index (χ0) is 10.3. The van der Waals surface area contributed by atoms with Gasteiger partial charge in [-0.15, -0.1) is 0 Å². The highest BCUT2D eigenvalue weighted by Gasteiger charge is 2.19. The number of rotatable bonds is 2. The van der Waals surface area contributed by atoms with Crippen molar-refractivity contribution in [3.63, 3.8) is 0 Å². The van der Waals surface area contributed by atoms with Crippen LogP contribution in [0.25, 0.3) is 11.1 Å². The molecule has 3 nitrogen and oxygen atoms in total. The summed E-state index contributed by atoms with van der Waals surface area (Å²) in [7, 11) is 0. The lowest BCUT2D eigenvalue weighted by Gasteiger charge is -2.25. The smallest absolute Gasteiger partial charge is 0.295 e. The molecular formula is C11H11ClN2O. The summed E-state index contributed by atoms with van der Waals surface area (Å²) in [5.74, 6) is 0. The normalized spacial score (nSPS) is 16.6. The van der Waals surface area contributed by atoms with Gasteiger partial charge in [-0.3, -0.25) is 0 Å². The van der Waals surface area contributed by atoms with Crippen molar-refractivity contribution >= 4 is 28.7 Å². The second-order valence-electron chi connectivity index (χ2n) is 3.90. The number of nitrogens with zero attached hydrogens (tertiary/aromatic N) is 1. The summed E-state index contributed by atoms with van der Waals surface area (Å²) in [6.07, 6.45) is 3.71. The van der Waals surface area contributed by atoms with Crippen LogP contribution in [-0.2, 0) is 0 Å². The van der Waals surface area contributed by atoms with Crippen LogP contribution in [0.15, 0.2) is 22.6 Å². The maximum atomic E-state index is 5.86. The molecule has 15 heavy (non-hydrogen) atoms. The van der Waals surface area contributed by atoms with Crippen LogP contribution in [0.3, 0.4) is 0 Å². The van der Waals surface area contributed by atoms with E-state index in [4.69, 9.17) is 16.0 Å². The summed E-state index contributed by atoms with van der Waals surface area (Å²) in [6, 6.07) is 6.62. The average molecular weight is 223 g/mol. The molecule has 1 fully saturated rings. The Kier molecular flexibility index (Phi) is 2.06. The first kappa shape index (κ1) is 9.04. The summed E-state index contributed by atoms with van der Waals surface area (Å²) >= 11 is 5.86. The Balaban J connectivity index is 1.91. The summed E-state index contributed by atoms with van der Waals surface area (Å²) < 4.78 is 5.55. The Bertz CT molecular complexity index is 490. The van der Waals surface area contributed by atoms with Gasteiger partial charge in [-0.05, 0) is 31.4 Å². The van der Waals surface area contributed by atoms with Crippen LogP contribution >= 0.6 is 11.6 Å². The zero-order valence-electron chi connectivity index (χ0n) is 8.16. The van der Waals surface area contributed by atoms with E-state index in [9.17, 15) is 0 Å². The van der Waals surface area contributed by atoms with E-state index in [1.807, 2.05) is 12.1 Å². The molecule has 78 valence electrons. The van der Waals surface area contributed by atoms with Crippen molar-refractivity contribution in [3.8, 4) is 0 Å². The van der Waals surface area contributed by atoms with Crippen molar-refractivity contribution in [2.75, 3.05) is 5.32 Å². The van der Waals surface area contributed by atoms with E-state index in [2.05, 4.69) is 10.3 Å². The third-order valence-corrected chi connectivity index (χ3v) is 3.02. The molecule has 0 amide bonds. The molecule has 0 spiro atoms. The Morgan fingerprint density at radius 2 is 2.27 bits per heavy atom. The maximum Gasteiger partial charge on any atom is 0.295 e. The van der Waals surface area contributed by atoms with E-state index in [0.29, 0.717) is 17.1 Å². The zero-order valence-corrected chi connectivity index (χ0v) is 8.92. The first-order chi connectivity index (χ1) is 7.31. The molecule has 0 aliphatic heterocycles. The van der Waals surface area contributed by atoms with Crippen LogP contribution in [0.5, 0.6) is 0 Å². The second kappa shape index (κ2) is 3.42. The lowest BCUT2D eigenvalue weighted by Crippen LogP contribution is -2.26. The van der Waals surface area contributed by atoms with Crippen molar-refractivity contribution in [1.82, 2.24) is 4.98 Å². The van der Waals surface area contributed by atoms with Gasteiger partial charge in [0.15, 0.2) is 5.58 Å². The third-order valence-electron chi connectivity index (χ3n) is 2.78. The maximum absolute atomic E-state index is 5.86. The molecule has 3 rings (SSSR count). The molecule has 1 heterocycles. The molecule has 4 heteroatoms. The Hall–Kier alpha value is -1.22. The van der Waals surface area contributed by atoms with Gasteiger partial charge in [0, 0.05) is 17.1 Å². The van der Waals surface area contributed by atoms with Gasteiger partial charge in [-0.25, -0.2) is 0 Å². The van der Waals surface area contributed by atoms with Crippen LogP contribution in [0, 0.1) is 0 Å². The number of hydrogen-bond donors (Lipinski definition) is 1. The Morgan fingerprint density at radius 3 is 3.00 bits per heavy atom. The van der Waals surface area contributed by atoms with Crippen molar-refractivity contribution in [1.29, 1.82) is 0 Å². The predicted octanol–water partition coefficient (Wildman–Crippen LogP) is 3.45. The van der Waals surface area contributed by atoms with E-state index in [0.717, 1.165) is 11.1 Å². The van der Waals surface area contributed by atoms with Crippen molar-refractivity contribution < 1.29 is 4.42 Å². The van der Waals surface area contributed by atoms with Crippen LogP contribution in [0.2, 0.25) is 5.02 Å². The highest BCUT2D eigenvalue weighted by molar-refractivity contribution is 6.31. The van der Waals surface area contributed by atoms with E-state index in [-0.39, 0.29) is 0 Å². The number of hydrogen-bond acceptors (Lipinski definition) is 3. The molecule has 0 atom stereocenters. The molecule has 1 N–H and O–H groups in total. The highest BCUT2D eigenvalue weighted by Crippen LogP contribution is 2.26. The topological polar surface area (TPSA) is 38.1 Å². The van der Waals surface area contributed by atoms with Gasteiger partial charge < -0.3 is 9.73 Å². The number of anilines is 1. The molecule has 1 saturated carbocycles. The Labute approximate surface area is 92.4 Å². The number of halogens is 1. The van der Waals surface area contributed by atoms with E-state index >= 15 is 0 Å². The lowest BCUT2D eigenvalue weighted by molar-refractivity contribution is 0.432. The van der Waals surface area contributed by atoms with Gasteiger partial charge in [0.2, 0.25) is 0 Å². The second-order valence-corrected chi connectivity index (χ2v) is 4.34. The fraction of sp³-hybridized carbons (Fsp3) is 0.364. The fourth-order valence-electron chi connectivity index (χ4n) is 1.69. The lowest BCUT2D eigenvalue weighted by atomic mass is 9.93. The van der Waals surface area contributed by atoms with Gasteiger partial charge >= 0.3 is 0 Å². The minimum atomic E-state index is 0.536. The molecule has 0 bridgehead atoms. The van der Waals surface area contributed by atoms with Gasteiger partial charge in [0.05, 0.1) is 0 Å². The fourth-order valence-corrected chi connectivity index (χ4v) is 1.85.